The van der Waals surface area contributed by atoms with E-state index in [0.717, 1.165) is 5.69 Å². The van der Waals surface area contributed by atoms with Crippen LogP contribution < -0.4 is 10.2 Å². The fraction of sp³-hybridized carbons (Fsp3) is 0.429. The van der Waals surface area contributed by atoms with Gasteiger partial charge >= 0.3 is 5.97 Å². The number of nitrogens with one attached hydrogen (secondary N) is 1. The zero-order chi connectivity index (χ0) is 14.3. The number of para-hydroxylation sites is 1. The summed E-state index contributed by atoms with van der Waals surface area (Å²) in [6.45, 7) is 2.02. The van der Waals surface area contributed by atoms with Gasteiger partial charge in [-0.25, -0.2) is 0 Å². The summed E-state index contributed by atoms with van der Waals surface area (Å²) in [7, 11) is 3.18. The molecule has 1 rings (SSSR count). The standard InChI is InChI=1S/C14H20N2O3/c1-11(9-14(18)19-3)15-13(17)10-16(2)12-7-5-4-6-8-12/h4-8,11H,9-10H2,1-3H3,(H,15,17). The van der Waals surface area contributed by atoms with E-state index in [1.165, 1.54) is 7.11 Å². The number of methoxy groups -OCH3 is 1. The van der Waals surface area contributed by atoms with Crippen molar-refractivity contribution in [2.24, 2.45) is 0 Å². The Morgan fingerprint density at radius 2 is 1.95 bits per heavy atom. The molecule has 1 aromatic rings. The van der Waals surface area contributed by atoms with Crippen molar-refractivity contribution in [2.75, 3.05) is 25.6 Å². The van der Waals surface area contributed by atoms with Gasteiger partial charge in [-0.15, -0.1) is 0 Å². The van der Waals surface area contributed by atoms with Crippen molar-refractivity contribution < 1.29 is 14.3 Å². The number of ether oxygens (including phenoxy) is 1. The molecule has 0 saturated heterocycles. The first-order chi connectivity index (χ1) is 9.02. The van der Waals surface area contributed by atoms with Gasteiger partial charge in [-0.3, -0.25) is 9.59 Å². The highest BCUT2D eigenvalue weighted by molar-refractivity contribution is 5.82. The predicted octanol–water partition coefficient (Wildman–Crippen LogP) is 1.19. The predicted molar refractivity (Wildman–Crippen MR) is 73.9 cm³/mol. The van der Waals surface area contributed by atoms with Gasteiger partial charge in [-0.2, -0.15) is 0 Å². The Morgan fingerprint density at radius 1 is 1.32 bits per heavy atom. The van der Waals surface area contributed by atoms with Crippen molar-refractivity contribution in [1.82, 2.24) is 5.32 Å². The Bertz CT molecular complexity index is 420. The van der Waals surface area contributed by atoms with Gasteiger partial charge in [0, 0.05) is 18.8 Å². The molecule has 0 spiro atoms. The molecule has 0 aliphatic carbocycles. The summed E-state index contributed by atoms with van der Waals surface area (Å²) < 4.78 is 4.55. The monoisotopic (exact) mass is 264 g/mol. The number of carbonyl (C=O) groups excluding carboxylic acids is 2. The van der Waals surface area contributed by atoms with Crippen molar-refractivity contribution in [3.8, 4) is 0 Å². The zero-order valence-corrected chi connectivity index (χ0v) is 11.6. The van der Waals surface area contributed by atoms with Crippen LogP contribution in [0.1, 0.15) is 13.3 Å². The number of anilines is 1. The maximum atomic E-state index is 11.8. The molecule has 0 radical (unpaired) electrons. The first kappa shape index (κ1) is 15.0. The van der Waals surface area contributed by atoms with E-state index in [0.29, 0.717) is 0 Å². The summed E-state index contributed by atoms with van der Waals surface area (Å²) in [5.74, 6) is -0.452. The highest BCUT2D eigenvalue weighted by atomic mass is 16.5. The number of carbonyl (C=O) groups is 2. The lowest BCUT2D eigenvalue weighted by atomic mass is 10.2. The van der Waals surface area contributed by atoms with Gasteiger partial charge in [0.2, 0.25) is 5.91 Å². The second kappa shape index (κ2) is 7.41. The topological polar surface area (TPSA) is 58.6 Å². The van der Waals surface area contributed by atoms with E-state index in [4.69, 9.17) is 0 Å². The van der Waals surface area contributed by atoms with Crippen LogP contribution in [0.5, 0.6) is 0 Å². The van der Waals surface area contributed by atoms with Gasteiger partial charge in [0.05, 0.1) is 20.1 Å². The van der Waals surface area contributed by atoms with E-state index in [1.807, 2.05) is 42.3 Å². The average Bonchev–Trinajstić information content (AvgIpc) is 2.39. The third-order valence-electron chi connectivity index (χ3n) is 2.69. The van der Waals surface area contributed by atoms with Gasteiger partial charge in [0.1, 0.15) is 0 Å². The Labute approximate surface area is 113 Å². The number of likely N-dealkylation sites (N-methyl/N-ethyl adjacent to an activating group) is 1. The smallest absolute Gasteiger partial charge is 0.307 e. The van der Waals surface area contributed by atoms with Gasteiger partial charge in [-0.05, 0) is 19.1 Å². The lowest BCUT2D eigenvalue weighted by Gasteiger charge is -2.20. The number of hydrogen-bond donors (Lipinski definition) is 1. The van der Waals surface area contributed by atoms with Crippen LogP contribution in [0, 0.1) is 0 Å². The molecular formula is C14H20N2O3. The van der Waals surface area contributed by atoms with Gasteiger partial charge < -0.3 is 15.0 Å². The van der Waals surface area contributed by atoms with E-state index in [-0.39, 0.29) is 30.9 Å². The molecule has 1 N–H and O–H groups in total. The van der Waals surface area contributed by atoms with Crippen molar-refractivity contribution in [2.45, 2.75) is 19.4 Å². The molecule has 0 aliphatic heterocycles. The molecule has 1 atom stereocenters. The molecule has 5 nitrogen and oxygen atoms in total. The van der Waals surface area contributed by atoms with Crippen molar-refractivity contribution in [3.05, 3.63) is 30.3 Å². The number of esters is 1. The molecule has 1 amide bonds. The first-order valence-electron chi connectivity index (χ1n) is 6.15. The largest absolute Gasteiger partial charge is 0.469 e. The van der Waals surface area contributed by atoms with Crippen molar-refractivity contribution >= 4 is 17.6 Å². The summed E-state index contributed by atoms with van der Waals surface area (Å²) in [4.78, 5) is 24.7. The van der Waals surface area contributed by atoms with Gasteiger partial charge in [0.25, 0.3) is 0 Å². The average molecular weight is 264 g/mol. The number of hydrogen-bond acceptors (Lipinski definition) is 4. The SMILES string of the molecule is COC(=O)CC(C)NC(=O)CN(C)c1ccccc1. The molecular weight excluding hydrogens is 244 g/mol. The Morgan fingerprint density at radius 3 is 2.53 bits per heavy atom. The van der Waals surface area contributed by atoms with Crippen LogP contribution in [0.25, 0.3) is 0 Å². The molecule has 0 fully saturated rings. The Hall–Kier alpha value is -2.04. The van der Waals surface area contributed by atoms with Crippen LogP contribution in [0.2, 0.25) is 0 Å². The van der Waals surface area contributed by atoms with E-state index < -0.39 is 0 Å². The Balaban J connectivity index is 2.41. The van der Waals surface area contributed by atoms with Crippen LogP contribution in [-0.4, -0.2) is 38.6 Å². The molecule has 1 aromatic carbocycles. The fourth-order valence-corrected chi connectivity index (χ4v) is 1.69. The van der Waals surface area contributed by atoms with Crippen LogP contribution in [0.4, 0.5) is 5.69 Å². The molecule has 0 saturated carbocycles. The summed E-state index contributed by atoms with van der Waals surface area (Å²) in [5, 5.41) is 2.76. The van der Waals surface area contributed by atoms with Gasteiger partial charge in [0.15, 0.2) is 0 Å². The minimum Gasteiger partial charge on any atom is -0.469 e. The second-order valence-corrected chi connectivity index (χ2v) is 4.44. The van der Waals surface area contributed by atoms with Crippen LogP contribution >= 0.6 is 0 Å². The van der Waals surface area contributed by atoms with Gasteiger partial charge in [-0.1, -0.05) is 18.2 Å². The molecule has 0 aromatic heterocycles. The number of benzene rings is 1. The fourth-order valence-electron chi connectivity index (χ4n) is 1.69. The molecule has 0 aliphatic rings. The highest BCUT2D eigenvalue weighted by Gasteiger charge is 2.13. The quantitative estimate of drug-likeness (QED) is 0.784. The number of nitrogens with zero attached hydrogens (tertiary/aromatic N) is 1. The van der Waals surface area contributed by atoms with E-state index >= 15 is 0 Å². The normalized spacial score (nSPS) is 11.5. The first-order valence-corrected chi connectivity index (χ1v) is 6.15. The van der Waals surface area contributed by atoms with E-state index in [1.54, 1.807) is 6.92 Å². The Kier molecular flexibility index (Phi) is 5.85. The maximum Gasteiger partial charge on any atom is 0.307 e. The summed E-state index contributed by atoms with van der Waals surface area (Å²) in [6.07, 6.45) is 0.178. The summed E-state index contributed by atoms with van der Waals surface area (Å²) in [5.41, 5.74) is 0.971. The molecule has 104 valence electrons. The zero-order valence-electron chi connectivity index (χ0n) is 11.6. The maximum absolute atomic E-state index is 11.8. The third-order valence-corrected chi connectivity index (χ3v) is 2.69. The third kappa shape index (κ3) is 5.42. The molecule has 1 unspecified atom stereocenters. The lowest BCUT2D eigenvalue weighted by molar-refractivity contribution is -0.141. The molecule has 0 bridgehead atoms. The van der Waals surface area contributed by atoms with Crippen molar-refractivity contribution in [3.63, 3.8) is 0 Å². The molecule has 19 heavy (non-hydrogen) atoms. The molecule has 5 heteroatoms. The lowest BCUT2D eigenvalue weighted by Crippen LogP contribution is -2.40. The molecule has 0 heterocycles. The van der Waals surface area contributed by atoms with Crippen LogP contribution in [0.15, 0.2) is 30.3 Å². The second-order valence-electron chi connectivity index (χ2n) is 4.44. The summed E-state index contributed by atoms with van der Waals surface area (Å²) >= 11 is 0. The van der Waals surface area contributed by atoms with E-state index in [9.17, 15) is 9.59 Å². The van der Waals surface area contributed by atoms with Crippen LogP contribution in [-0.2, 0) is 14.3 Å². The number of amides is 1. The van der Waals surface area contributed by atoms with Crippen LogP contribution in [0.3, 0.4) is 0 Å². The minimum absolute atomic E-state index is 0.122. The minimum atomic E-state index is -0.329. The number of rotatable bonds is 6. The summed E-state index contributed by atoms with van der Waals surface area (Å²) in [6, 6.07) is 9.41. The highest BCUT2D eigenvalue weighted by Crippen LogP contribution is 2.10. The van der Waals surface area contributed by atoms with Crippen molar-refractivity contribution in [1.29, 1.82) is 0 Å². The van der Waals surface area contributed by atoms with E-state index in [2.05, 4.69) is 10.1 Å².